The Kier molecular flexibility index (Phi) is 3.50. The van der Waals surface area contributed by atoms with Gasteiger partial charge < -0.3 is 5.11 Å². The maximum atomic E-state index is 12.0. The minimum Gasteiger partial charge on any atom is -0.394 e. The summed E-state index contributed by atoms with van der Waals surface area (Å²) in [5.41, 5.74) is 0. The van der Waals surface area contributed by atoms with E-state index in [0.29, 0.717) is 12.5 Å². The van der Waals surface area contributed by atoms with Crippen molar-refractivity contribution >= 4 is 10.0 Å². The molecule has 1 unspecified atom stereocenters. The smallest absolute Gasteiger partial charge is 0.243 e. The number of nitrogens with one attached hydrogen (secondary N) is 1. The Labute approximate surface area is 101 Å². The molecule has 0 aliphatic heterocycles. The van der Waals surface area contributed by atoms with Crippen LogP contribution in [0.2, 0.25) is 0 Å². The summed E-state index contributed by atoms with van der Waals surface area (Å²) in [6.45, 7) is 2.12. The molecule has 2 rings (SSSR count). The van der Waals surface area contributed by atoms with E-state index in [1.54, 1.807) is 0 Å². The molecule has 0 amide bonds. The number of rotatable bonds is 6. The molecule has 1 aromatic rings. The lowest BCUT2D eigenvalue weighted by molar-refractivity contribution is 0.269. The topological polar surface area (TPSA) is 84.2 Å². The van der Waals surface area contributed by atoms with Crippen molar-refractivity contribution in [2.24, 2.45) is 5.92 Å². The molecule has 0 radical (unpaired) electrons. The molecule has 1 fully saturated rings. The van der Waals surface area contributed by atoms with Crippen LogP contribution >= 0.6 is 0 Å². The summed E-state index contributed by atoms with van der Waals surface area (Å²) in [6.07, 6.45) is 4.91. The fourth-order valence-corrected chi connectivity index (χ4v) is 2.98. The van der Waals surface area contributed by atoms with Crippen molar-refractivity contribution in [2.45, 2.75) is 37.2 Å². The highest BCUT2D eigenvalue weighted by molar-refractivity contribution is 7.89. The Morgan fingerprint density at radius 1 is 1.65 bits per heavy atom. The molecule has 0 saturated heterocycles. The molecule has 1 saturated carbocycles. The third kappa shape index (κ3) is 3.05. The summed E-state index contributed by atoms with van der Waals surface area (Å²) in [5.74, 6) is 0.470. The van der Waals surface area contributed by atoms with Crippen molar-refractivity contribution in [1.82, 2.24) is 14.5 Å². The van der Waals surface area contributed by atoms with Crippen LogP contribution in [-0.4, -0.2) is 36.0 Å². The van der Waals surface area contributed by atoms with Gasteiger partial charge in [0.25, 0.3) is 0 Å². The summed E-state index contributed by atoms with van der Waals surface area (Å²) < 4.78 is 28.0. The molecule has 0 spiro atoms. The average Bonchev–Trinajstić information content (AvgIpc) is 2.99. The van der Waals surface area contributed by atoms with E-state index in [4.69, 9.17) is 5.11 Å². The summed E-state index contributed by atoms with van der Waals surface area (Å²) in [5, 5.41) is 12.6. The SMILES string of the molecule is CC(NS(=O)(=O)c1cnn(CCO)c1)C1CC1. The van der Waals surface area contributed by atoms with Crippen LogP contribution < -0.4 is 4.72 Å². The zero-order valence-electron chi connectivity index (χ0n) is 9.70. The van der Waals surface area contributed by atoms with Gasteiger partial charge in [0.1, 0.15) is 4.90 Å². The Bertz CT molecular complexity index is 479. The third-order valence-electron chi connectivity index (χ3n) is 2.92. The molecule has 1 heterocycles. The second-order valence-corrected chi connectivity index (χ2v) is 6.12. The van der Waals surface area contributed by atoms with E-state index in [1.165, 1.54) is 17.1 Å². The van der Waals surface area contributed by atoms with Crippen LogP contribution in [0, 0.1) is 5.92 Å². The van der Waals surface area contributed by atoms with E-state index >= 15 is 0 Å². The van der Waals surface area contributed by atoms with Crippen LogP contribution in [0.4, 0.5) is 0 Å². The quantitative estimate of drug-likeness (QED) is 0.750. The lowest BCUT2D eigenvalue weighted by Crippen LogP contribution is -2.33. The molecule has 1 atom stereocenters. The summed E-state index contributed by atoms with van der Waals surface area (Å²) in [6, 6.07) is -0.0267. The molecule has 0 bridgehead atoms. The number of nitrogens with zero attached hydrogens (tertiary/aromatic N) is 2. The standard InChI is InChI=1S/C10H17N3O3S/c1-8(9-2-3-9)12-17(15,16)10-6-11-13(7-10)4-5-14/h6-9,12,14H,2-5H2,1H3. The Hall–Kier alpha value is -0.920. The predicted octanol–water partition coefficient (Wildman–Crippen LogP) is -0.0478. The van der Waals surface area contributed by atoms with Gasteiger partial charge in [-0.1, -0.05) is 0 Å². The van der Waals surface area contributed by atoms with E-state index in [1.807, 2.05) is 6.92 Å². The highest BCUT2D eigenvalue weighted by atomic mass is 32.2. The number of hydrogen-bond donors (Lipinski definition) is 2. The van der Waals surface area contributed by atoms with Gasteiger partial charge in [-0.3, -0.25) is 4.68 Å². The van der Waals surface area contributed by atoms with E-state index in [-0.39, 0.29) is 17.5 Å². The van der Waals surface area contributed by atoms with Gasteiger partial charge in [0.15, 0.2) is 0 Å². The lowest BCUT2D eigenvalue weighted by atomic mass is 10.2. The van der Waals surface area contributed by atoms with Crippen LogP contribution in [0.15, 0.2) is 17.3 Å². The first kappa shape index (κ1) is 12.5. The van der Waals surface area contributed by atoms with E-state index in [2.05, 4.69) is 9.82 Å². The van der Waals surface area contributed by atoms with Crippen molar-refractivity contribution in [1.29, 1.82) is 0 Å². The second-order valence-electron chi connectivity index (χ2n) is 4.41. The maximum absolute atomic E-state index is 12.0. The molecule has 96 valence electrons. The molecule has 7 heteroatoms. The highest BCUT2D eigenvalue weighted by Crippen LogP contribution is 2.32. The van der Waals surface area contributed by atoms with Gasteiger partial charge in [0.2, 0.25) is 10.0 Å². The van der Waals surface area contributed by atoms with Crippen LogP contribution in [0.25, 0.3) is 0 Å². The zero-order valence-corrected chi connectivity index (χ0v) is 10.5. The average molecular weight is 259 g/mol. The van der Waals surface area contributed by atoms with E-state index < -0.39 is 10.0 Å². The Balaban J connectivity index is 2.07. The second kappa shape index (κ2) is 4.75. The maximum Gasteiger partial charge on any atom is 0.243 e. The van der Waals surface area contributed by atoms with Crippen LogP contribution in [-0.2, 0) is 16.6 Å². The summed E-state index contributed by atoms with van der Waals surface area (Å²) in [4.78, 5) is 0.151. The molecule has 1 aromatic heterocycles. The minimum absolute atomic E-state index is 0.0267. The number of aliphatic hydroxyl groups excluding tert-OH is 1. The third-order valence-corrected chi connectivity index (χ3v) is 4.43. The summed E-state index contributed by atoms with van der Waals surface area (Å²) in [7, 11) is -3.48. The lowest BCUT2D eigenvalue weighted by Gasteiger charge is -2.11. The summed E-state index contributed by atoms with van der Waals surface area (Å²) >= 11 is 0. The van der Waals surface area contributed by atoms with E-state index in [9.17, 15) is 8.42 Å². The number of aliphatic hydroxyl groups is 1. The van der Waals surface area contributed by atoms with Gasteiger partial charge >= 0.3 is 0 Å². The molecule has 0 aromatic carbocycles. The largest absolute Gasteiger partial charge is 0.394 e. The molecule has 6 nitrogen and oxygen atoms in total. The van der Waals surface area contributed by atoms with Gasteiger partial charge in [0, 0.05) is 12.2 Å². The Morgan fingerprint density at radius 3 is 2.94 bits per heavy atom. The number of aromatic nitrogens is 2. The van der Waals surface area contributed by atoms with Gasteiger partial charge in [-0.2, -0.15) is 5.10 Å². The molecular weight excluding hydrogens is 242 g/mol. The van der Waals surface area contributed by atoms with E-state index in [0.717, 1.165) is 12.8 Å². The number of hydrogen-bond acceptors (Lipinski definition) is 4. The first-order valence-corrected chi connectivity index (χ1v) is 7.17. The normalized spacial score (nSPS) is 18.2. The van der Waals surface area contributed by atoms with Crippen LogP contribution in [0.1, 0.15) is 19.8 Å². The van der Waals surface area contributed by atoms with Crippen molar-refractivity contribution in [3.05, 3.63) is 12.4 Å². The van der Waals surface area contributed by atoms with Gasteiger partial charge in [-0.15, -0.1) is 0 Å². The molecule has 1 aliphatic rings. The first-order chi connectivity index (χ1) is 8.03. The molecular formula is C10H17N3O3S. The Morgan fingerprint density at radius 2 is 2.35 bits per heavy atom. The van der Waals surface area contributed by atoms with Crippen molar-refractivity contribution < 1.29 is 13.5 Å². The molecule has 1 aliphatic carbocycles. The minimum atomic E-state index is -3.48. The van der Waals surface area contributed by atoms with Gasteiger partial charge in [-0.05, 0) is 25.7 Å². The van der Waals surface area contributed by atoms with Crippen molar-refractivity contribution in [3.8, 4) is 0 Å². The number of sulfonamides is 1. The van der Waals surface area contributed by atoms with Crippen LogP contribution in [0.3, 0.4) is 0 Å². The van der Waals surface area contributed by atoms with Crippen molar-refractivity contribution in [3.63, 3.8) is 0 Å². The van der Waals surface area contributed by atoms with Gasteiger partial charge in [-0.25, -0.2) is 13.1 Å². The monoisotopic (exact) mass is 259 g/mol. The first-order valence-electron chi connectivity index (χ1n) is 5.68. The predicted molar refractivity (Wildman–Crippen MR) is 61.8 cm³/mol. The fourth-order valence-electron chi connectivity index (χ4n) is 1.71. The molecule has 2 N–H and O–H groups in total. The fraction of sp³-hybridized carbons (Fsp3) is 0.700. The van der Waals surface area contributed by atoms with Crippen LogP contribution in [0.5, 0.6) is 0 Å². The van der Waals surface area contributed by atoms with Crippen molar-refractivity contribution in [2.75, 3.05) is 6.61 Å². The van der Waals surface area contributed by atoms with Gasteiger partial charge in [0.05, 0.1) is 19.3 Å². The highest BCUT2D eigenvalue weighted by Gasteiger charge is 2.31. The zero-order chi connectivity index (χ0) is 12.5. The molecule has 17 heavy (non-hydrogen) atoms.